The number of aliphatic hydroxyl groups excluding tert-OH is 1. The van der Waals surface area contributed by atoms with Crippen molar-refractivity contribution in [2.75, 3.05) is 20.3 Å². The number of ether oxygens (including phenoxy) is 1. The van der Waals surface area contributed by atoms with Gasteiger partial charge in [-0.1, -0.05) is 13.8 Å². The van der Waals surface area contributed by atoms with Crippen LogP contribution >= 0.6 is 11.3 Å². The van der Waals surface area contributed by atoms with Crippen LogP contribution in [0.1, 0.15) is 25.1 Å². The molecule has 0 aliphatic heterocycles. The highest BCUT2D eigenvalue weighted by Crippen LogP contribution is 2.24. The molecule has 0 saturated heterocycles. The van der Waals surface area contributed by atoms with Gasteiger partial charge in [-0.2, -0.15) is 0 Å². The van der Waals surface area contributed by atoms with Gasteiger partial charge in [0.25, 0.3) is 0 Å². The monoisotopic (exact) mass is 307 g/mol. The number of hydrogen-bond donors (Lipinski definition) is 2. The summed E-state index contributed by atoms with van der Waals surface area (Å²) in [5.74, 6) is 0. The molecule has 0 amide bonds. The Morgan fingerprint density at radius 1 is 1.47 bits per heavy atom. The molecule has 5 nitrogen and oxygen atoms in total. The van der Waals surface area contributed by atoms with Crippen LogP contribution in [0.15, 0.2) is 16.3 Å². The molecule has 1 heterocycles. The molecule has 1 aromatic rings. The van der Waals surface area contributed by atoms with Crippen molar-refractivity contribution in [1.82, 2.24) is 4.72 Å². The number of aliphatic hydroxyl groups is 1. The summed E-state index contributed by atoms with van der Waals surface area (Å²) in [4.78, 5) is 0.629. The Balaban J connectivity index is 2.71. The third-order valence-corrected chi connectivity index (χ3v) is 5.38. The van der Waals surface area contributed by atoms with Crippen molar-refractivity contribution in [3.8, 4) is 0 Å². The molecular formula is C12H21NO4S2. The van der Waals surface area contributed by atoms with Crippen LogP contribution in [0.5, 0.6) is 0 Å². The van der Waals surface area contributed by atoms with Gasteiger partial charge in [-0.05, 0) is 23.3 Å². The van der Waals surface area contributed by atoms with Crippen LogP contribution in [0.25, 0.3) is 0 Å². The van der Waals surface area contributed by atoms with Gasteiger partial charge < -0.3 is 9.84 Å². The van der Waals surface area contributed by atoms with Crippen molar-refractivity contribution < 1.29 is 18.3 Å². The van der Waals surface area contributed by atoms with Gasteiger partial charge in [0.2, 0.25) is 10.0 Å². The Kier molecular flexibility index (Phi) is 5.94. The number of rotatable bonds is 8. The van der Waals surface area contributed by atoms with Crippen molar-refractivity contribution in [1.29, 1.82) is 0 Å². The summed E-state index contributed by atoms with van der Waals surface area (Å²) in [6.45, 7) is 4.62. The highest BCUT2D eigenvalue weighted by atomic mass is 32.2. The Hall–Kier alpha value is -0.470. The quantitative estimate of drug-likeness (QED) is 0.764. The molecule has 1 rings (SSSR count). The standard InChI is InChI=1S/C12H21NO4S2/c1-12(2,5-6-17-3)9-13-19(15,16)11-4-7-18-10(11)8-14/h4,7,13-14H,5-6,8-9H2,1-3H3. The second kappa shape index (κ2) is 6.81. The molecule has 0 bridgehead atoms. The number of methoxy groups -OCH3 is 1. The maximum Gasteiger partial charge on any atom is 0.241 e. The summed E-state index contributed by atoms with van der Waals surface area (Å²) in [6, 6.07) is 1.51. The summed E-state index contributed by atoms with van der Waals surface area (Å²) < 4.78 is 31.9. The Morgan fingerprint density at radius 2 is 2.16 bits per heavy atom. The molecule has 0 aliphatic carbocycles. The Labute approximate surface area is 118 Å². The van der Waals surface area contributed by atoms with Crippen LogP contribution in [0.3, 0.4) is 0 Å². The Bertz CT molecular complexity index is 494. The van der Waals surface area contributed by atoms with Gasteiger partial charge in [-0.15, -0.1) is 11.3 Å². The lowest BCUT2D eigenvalue weighted by Crippen LogP contribution is -2.34. The summed E-state index contributed by atoms with van der Waals surface area (Å²) in [5, 5.41) is 10.8. The van der Waals surface area contributed by atoms with Crippen LogP contribution in [0, 0.1) is 5.41 Å². The van der Waals surface area contributed by atoms with Crippen molar-refractivity contribution in [2.45, 2.75) is 31.8 Å². The van der Waals surface area contributed by atoms with E-state index in [1.165, 1.54) is 17.4 Å². The lowest BCUT2D eigenvalue weighted by atomic mass is 9.90. The number of sulfonamides is 1. The van der Waals surface area contributed by atoms with E-state index in [1.54, 1.807) is 12.5 Å². The maximum absolute atomic E-state index is 12.1. The van der Waals surface area contributed by atoms with Gasteiger partial charge >= 0.3 is 0 Å². The van der Waals surface area contributed by atoms with Crippen molar-refractivity contribution in [3.05, 3.63) is 16.3 Å². The fraction of sp³-hybridized carbons (Fsp3) is 0.667. The summed E-state index contributed by atoms with van der Waals surface area (Å²) in [7, 11) is -1.93. The van der Waals surface area contributed by atoms with Crippen LogP contribution in [0.4, 0.5) is 0 Å². The highest BCUT2D eigenvalue weighted by Gasteiger charge is 2.24. The molecule has 0 fully saturated rings. The van der Waals surface area contributed by atoms with E-state index in [9.17, 15) is 8.42 Å². The average molecular weight is 307 g/mol. The van der Waals surface area contributed by atoms with Crippen molar-refractivity contribution >= 4 is 21.4 Å². The van der Waals surface area contributed by atoms with Crippen LogP contribution in [-0.2, 0) is 21.4 Å². The minimum Gasteiger partial charge on any atom is -0.391 e. The molecule has 19 heavy (non-hydrogen) atoms. The van der Waals surface area contributed by atoms with E-state index >= 15 is 0 Å². The first-order valence-corrected chi connectivity index (χ1v) is 8.34. The zero-order valence-corrected chi connectivity index (χ0v) is 13.1. The lowest BCUT2D eigenvalue weighted by molar-refractivity contribution is 0.153. The molecule has 0 aliphatic rings. The Morgan fingerprint density at radius 3 is 2.74 bits per heavy atom. The van der Waals surface area contributed by atoms with E-state index in [-0.39, 0.29) is 16.9 Å². The number of hydrogen-bond acceptors (Lipinski definition) is 5. The largest absolute Gasteiger partial charge is 0.391 e. The van der Waals surface area contributed by atoms with Crippen molar-refractivity contribution in [2.24, 2.45) is 5.41 Å². The topological polar surface area (TPSA) is 75.6 Å². The second-order valence-electron chi connectivity index (χ2n) is 5.10. The van der Waals surface area contributed by atoms with Gasteiger partial charge in [0.15, 0.2) is 0 Å². The van der Waals surface area contributed by atoms with E-state index in [2.05, 4.69) is 4.72 Å². The first-order valence-electron chi connectivity index (χ1n) is 5.98. The summed E-state index contributed by atoms with van der Waals surface area (Å²) >= 11 is 1.23. The molecule has 110 valence electrons. The molecule has 0 atom stereocenters. The molecular weight excluding hydrogens is 286 g/mol. The van der Waals surface area contributed by atoms with E-state index in [0.29, 0.717) is 18.0 Å². The fourth-order valence-corrected chi connectivity index (χ4v) is 4.05. The molecule has 0 radical (unpaired) electrons. The van der Waals surface area contributed by atoms with Crippen LogP contribution in [-0.4, -0.2) is 33.8 Å². The summed E-state index contributed by atoms with van der Waals surface area (Å²) in [5.41, 5.74) is -0.182. The molecule has 0 unspecified atom stereocenters. The van der Waals surface area contributed by atoms with Gasteiger partial charge in [0.05, 0.1) is 11.5 Å². The van der Waals surface area contributed by atoms with E-state index in [0.717, 1.165) is 6.42 Å². The van der Waals surface area contributed by atoms with Crippen molar-refractivity contribution in [3.63, 3.8) is 0 Å². The van der Waals surface area contributed by atoms with E-state index < -0.39 is 10.0 Å². The molecule has 7 heteroatoms. The van der Waals surface area contributed by atoms with Gasteiger partial charge in [-0.3, -0.25) is 0 Å². The van der Waals surface area contributed by atoms with E-state index in [1.807, 2.05) is 13.8 Å². The minimum atomic E-state index is -3.56. The molecule has 2 N–H and O–H groups in total. The first-order chi connectivity index (χ1) is 8.82. The predicted molar refractivity (Wildman–Crippen MR) is 75.7 cm³/mol. The van der Waals surface area contributed by atoms with Crippen LogP contribution in [0.2, 0.25) is 0 Å². The number of nitrogens with one attached hydrogen (secondary N) is 1. The third-order valence-electron chi connectivity index (χ3n) is 2.86. The second-order valence-corrected chi connectivity index (χ2v) is 7.83. The highest BCUT2D eigenvalue weighted by molar-refractivity contribution is 7.89. The first kappa shape index (κ1) is 16.6. The predicted octanol–water partition coefficient (Wildman–Crippen LogP) is 1.58. The van der Waals surface area contributed by atoms with Gasteiger partial charge in [0, 0.05) is 25.1 Å². The van der Waals surface area contributed by atoms with Crippen LogP contribution < -0.4 is 4.72 Å². The van der Waals surface area contributed by atoms with Gasteiger partial charge in [-0.25, -0.2) is 13.1 Å². The molecule has 0 saturated carbocycles. The SMILES string of the molecule is COCCC(C)(C)CNS(=O)(=O)c1ccsc1CO. The fourth-order valence-electron chi connectivity index (χ4n) is 1.52. The minimum absolute atomic E-state index is 0.169. The smallest absolute Gasteiger partial charge is 0.241 e. The molecule has 0 aromatic carbocycles. The van der Waals surface area contributed by atoms with E-state index in [4.69, 9.17) is 9.84 Å². The molecule has 1 aromatic heterocycles. The lowest BCUT2D eigenvalue weighted by Gasteiger charge is -2.24. The molecule has 0 spiro atoms. The average Bonchev–Trinajstić information content (AvgIpc) is 2.83. The zero-order valence-electron chi connectivity index (χ0n) is 11.5. The zero-order chi connectivity index (χ0) is 14.5. The third kappa shape index (κ3) is 4.85. The van der Waals surface area contributed by atoms with Gasteiger partial charge in [0.1, 0.15) is 0 Å². The normalized spacial score (nSPS) is 12.8. The maximum atomic E-state index is 12.1. The summed E-state index contributed by atoms with van der Waals surface area (Å²) in [6.07, 6.45) is 0.766. The number of thiophene rings is 1.